The van der Waals surface area contributed by atoms with E-state index in [9.17, 15) is 14.7 Å². The highest BCUT2D eigenvalue weighted by molar-refractivity contribution is 5.85. The molecule has 1 N–H and O–H groups in total. The molecule has 0 amide bonds. The minimum absolute atomic E-state index is 0.100. The molecule has 0 aromatic carbocycles. The molecular formula is C31H50O4. The van der Waals surface area contributed by atoms with Crippen LogP contribution in [0, 0.1) is 45.3 Å². The Morgan fingerprint density at radius 1 is 1.14 bits per heavy atom. The number of carbonyl (C=O) groups excluding carboxylic acids is 2. The molecule has 0 unspecified atom stereocenters. The highest BCUT2D eigenvalue weighted by Crippen LogP contribution is 2.73. The highest BCUT2D eigenvalue weighted by Gasteiger charge is 2.65. The zero-order valence-electron chi connectivity index (χ0n) is 23.8. The maximum Gasteiger partial charge on any atom is 0.164 e. The molecule has 4 rings (SSSR count). The minimum atomic E-state index is -1.10. The minimum Gasteiger partial charge on any atom is -0.382 e. The van der Waals surface area contributed by atoms with E-state index in [1.54, 1.807) is 26.5 Å². The van der Waals surface area contributed by atoms with Crippen molar-refractivity contribution in [3.63, 3.8) is 0 Å². The summed E-state index contributed by atoms with van der Waals surface area (Å²) in [6.45, 7) is 17.6. The number of aliphatic hydroxyl groups is 1. The number of hydrogen-bond acceptors (Lipinski definition) is 4. The SMILES string of the molecule is COC(C)(C)[C@H](O)C(=O)C[C@H](C)[C@@H]1CC[C@]2(C)C3=CC[C@H]4C(C)(C)C(=O)CC[C@]4(C)[C@H]3CC[C@@]12C. The monoisotopic (exact) mass is 486 g/mol. The molecule has 4 nitrogen and oxygen atoms in total. The van der Waals surface area contributed by atoms with E-state index in [2.05, 4.69) is 47.6 Å². The number of ketones is 2. The van der Waals surface area contributed by atoms with Gasteiger partial charge in [-0.25, -0.2) is 0 Å². The average molecular weight is 487 g/mol. The van der Waals surface area contributed by atoms with Crippen molar-refractivity contribution in [3.8, 4) is 0 Å². The molecule has 0 bridgehead atoms. The molecule has 0 saturated heterocycles. The van der Waals surface area contributed by atoms with Crippen LogP contribution in [0.15, 0.2) is 11.6 Å². The molecule has 0 heterocycles. The first kappa shape index (κ1) is 27.0. The molecule has 0 aliphatic heterocycles. The molecule has 0 spiro atoms. The maximum absolute atomic E-state index is 13.0. The van der Waals surface area contributed by atoms with E-state index >= 15 is 0 Å². The zero-order chi connectivity index (χ0) is 26.2. The third kappa shape index (κ3) is 3.75. The second-order valence-corrected chi connectivity index (χ2v) is 14.4. The van der Waals surface area contributed by atoms with Crippen LogP contribution in [-0.2, 0) is 14.3 Å². The van der Waals surface area contributed by atoms with E-state index in [4.69, 9.17) is 4.74 Å². The molecule has 35 heavy (non-hydrogen) atoms. The zero-order valence-corrected chi connectivity index (χ0v) is 23.8. The van der Waals surface area contributed by atoms with Crippen molar-refractivity contribution >= 4 is 11.6 Å². The highest BCUT2D eigenvalue weighted by atomic mass is 16.5. The molecule has 0 aromatic heterocycles. The first-order valence-corrected chi connectivity index (χ1v) is 14.1. The van der Waals surface area contributed by atoms with Gasteiger partial charge in [-0.3, -0.25) is 9.59 Å². The fourth-order valence-corrected chi connectivity index (χ4v) is 9.54. The van der Waals surface area contributed by atoms with E-state index in [0.717, 1.165) is 25.7 Å². The van der Waals surface area contributed by atoms with Crippen molar-refractivity contribution in [2.45, 2.75) is 118 Å². The van der Waals surface area contributed by atoms with Crippen LogP contribution in [0.4, 0.5) is 0 Å². The largest absolute Gasteiger partial charge is 0.382 e. The fourth-order valence-electron chi connectivity index (χ4n) is 9.54. The number of hydrogen-bond donors (Lipinski definition) is 1. The van der Waals surface area contributed by atoms with Gasteiger partial charge in [0.05, 0.1) is 5.60 Å². The van der Waals surface area contributed by atoms with Crippen molar-refractivity contribution in [3.05, 3.63) is 11.6 Å². The van der Waals surface area contributed by atoms with Crippen LogP contribution in [-0.4, -0.2) is 35.5 Å². The second-order valence-electron chi connectivity index (χ2n) is 14.4. The molecular weight excluding hydrogens is 436 g/mol. The average Bonchev–Trinajstić information content (AvgIpc) is 3.07. The Kier molecular flexibility index (Phi) is 6.58. The first-order chi connectivity index (χ1) is 16.1. The van der Waals surface area contributed by atoms with Crippen molar-refractivity contribution in [1.29, 1.82) is 0 Å². The second kappa shape index (κ2) is 8.51. The van der Waals surface area contributed by atoms with Crippen LogP contribution < -0.4 is 0 Å². The topological polar surface area (TPSA) is 63.6 Å². The Bertz CT molecular complexity index is 915. The summed E-state index contributed by atoms with van der Waals surface area (Å²) in [6.07, 6.45) is 9.30. The number of ether oxygens (including phenoxy) is 1. The van der Waals surface area contributed by atoms with E-state index in [-0.39, 0.29) is 33.4 Å². The number of allylic oxidation sites excluding steroid dienone is 2. The Hall–Kier alpha value is -1.00. The van der Waals surface area contributed by atoms with Crippen LogP contribution >= 0.6 is 0 Å². The lowest BCUT2D eigenvalue weighted by Gasteiger charge is -2.63. The van der Waals surface area contributed by atoms with Gasteiger partial charge in [0.25, 0.3) is 0 Å². The van der Waals surface area contributed by atoms with E-state index in [1.807, 2.05) is 0 Å². The van der Waals surface area contributed by atoms with Crippen LogP contribution in [0.3, 0.4) is 0 Å². The Morgan fingerprint density at radius 3 is 2.43 bits per heavy atom. The lowest BCUT2D eigenvalue weighted by atomic mass is 9.41. The van der Waals surface area contributed by atoms with Crippen LogP contribution in [0.2, 0.25) is 0 Å². The van der Waals surface area contributed by atoms with Gasteiger partial charge >= 0.3 is 0 Å². The smallest absolute Gasteiger partial charge is 0.164 e. The van der Waals surface area contributed by atoms with Gasteiger partial charge in [0, 0.05) is 25.4 Å². The molecule has 3 fully saturated rings. The number of aliphatic hydroxyl groups excluding tert-OH is 1. The van der Waals surface area contributed by atoms with Gasteiger partial charge in [0.2, 0.25) is 0 Å². The number of rotatable bonds is 6. The normalized spacial score (nSPS) is 42.4. The van der Waals surface area contributed by atoms with Gasteiger partial charge in [-0.05, 0) is 92.3 Å². The maximum atomic E-state index is 13.0. The Balaban J connectivity index is 1.59. The third-order valence-corrected chi connectivity index (χ3v) is 12.3. The molecule has 198 valence electrons. The van der Waals surface area contributed by atoms with Crippen molar-refractivity contribution in [1.82, 2.24) is 0 Å². The molecule has 4 aliphatic carbocycles. The van der Waals surface area contributed by atoms with Gasteiger partial charge in [-0.1, -0.05) is 53.2 Å². The summed E-state index contributed by atoms with van der Waals surface area (Å²) in [5.41, 5.74) is 1.05. The first-order valence-electron chi connectivity index (χ1n) is 14.1. The summed E-state index contributed by atoms with van der Waals surface area (Å²) in [4.78, 5) is 25.8. The molecule has 0 radical (unpaired) electrons. The summed E-state index contributed by atoms with van der Waals surface area (Å²) in [5, 5.41) is 10.6. The molecule has 4 aliphatic rings. The number of methoxy groups -OCH3 is 1. The molecule has 8 atom stereocenters. The van der Waals surface area contributed by atoms with Gasteiger partial charge in [-0.2, -0.15) is 0 Å². The Labute approximate surface area is 213 Å². The number of fused-ring (bicyclic) bond motifs is 5. The third-order valence-electron chi connectivity index (χ3n) is 12.3. The number of Topliss-reactive ketones (excluding diaryl/α,β-unsaturated/α-hetero) is 2. The number of carbonyl (C=O) groups is 2. The quantitative estimate of drug-likeness (QED) is 0.433. The van der Waals surface area contributed by atoms with E-state index < -0.39 is 11.7 Å². The molecule has 3 saturated carbocycles. The van der Waals surface area contributed by atoms with Crippen molar-refractivity contribution in [2.75, 3.05) is 7.11 Å². The fraction of sp³-hybridized carbons (Fsp3) is 0.871. The van der Waals surface area contributed by atoms with Crippen LogP contribution in [0.1, 0.15) is 107 Å². The molecule has 4 heteroatoms. The predicted octanol–water partition coefficient (Wildman–Crippen LogP) is 6.54. The van der Waals surface area contributed by atoms with Gasteiger partial charge in [0.1, 0.15) is 11.9 Å². The summed E-state index contributed by atoms with van der Waals surface area (Å²) < 4.78 is 5.38. The van der Waals surface area contributed by atoms with Gasteiger partial charge < -0.3 is 9.84 Å². The van der Waals surface area contributed by atoms with Gasteiger partial charge in [0.15, 0.2) is 5.78 Å². The van der Waals surface area contributed by atoms with Crippen molar-refractivity contribution < 1.29 is 19.4 Å². The predicted molar refractivity (Wildman–Crippen MR) is 140 cm³/mol. The Morgan fingerprint density at radius 2 is 1.80 bits per heavy atom. The lowest BCUT2D eigenvalue weighted by molar-refractivity contribution is -0.147. The lowest BCUT2D eigenvalue weighted by Crippen LogP contribution is -2.57. The van der Waals surface area contributed by atoms with Crippen molar-refractivity contribution in [2.24, 2.45) is 45.3 Å². The summed E-state index contributed by atoms with van der Waals surface area (Å²) in [6, 6.07) is 0. The summed E-state index contributed by atoms with van der Waals surface area (Å²) in [7, 11) is 1.55. The van der Waals surface area contributed by atoms with E-state index in [0.29, 0.717) is 30.0 Å². The standard InChI is InChI=1S/C31H50O4/c1-19(18-23(32)26(34)28(4,5)35-9)20-12-16-31(8)22-10-11-24-27(2,3)25(33)14-15-29(24,6)21(22)13-17-30(20,31)7/h10,19-21,24,26,34H,11-18H2,1-9H3/t19-,20-,21-,24-,26+,29+,30-,31+/m0/s1. The summed E-state index contributed by atoms with van der Waals surface area (Å²) >= 11 is 0. The van der Waals surface area contributed by atoms with Crippen LogP contribution in [0.5, 0.6) is 0 Å². The van der Waals surface area contributed by atoms with E-state index in [1.165, 1.54) is 19.3 Å². The molecule has 0 aromatic rings. The summed E-state index contributed by atoms with van der Waals surface area (Å²) in [5.74, 6) is 2.03. The van der Waals surface area contributed by atoms with Gasteiger partial charge in [-0.15, -0.1) is 0 Å². The van der Waals surface area contributed by atoms with Crippen LogP contribution in [0.25, 0.3) is 0 Å².